The highest BCUT2D eigenvalue weighted by molar-refractivity contribution is 4.62. The molecule has 0 amide bonds. The number of likely N-dealkylation sites (tertiary alicyclic amines) is 1. The zero-order valence-corrected chi connectivity index (χ0v) is 6.89. The summed E-state index contributed by atoms with van der Waals surface area (Å²) in [5.74, 6) is 0. The number of hydrogen-bond donors (Lipinski definition) is 0. The molecule has 1 fully saturated rings. The molecular formula is C8H16FNO. The Balaban J connectivity index is 2.09. The van der Waals surface area contributed by atoms with Crippen LogP contribution in [-0.4, -0.2) is 31.1 Å². The van der Waals surface area contributed by atoms with Crippen LogP contribution in [0.4, 0.5) is 4.53 Å². The molecule has 0 atom stereocenters. The van der Waals surface area contributed by atoms with Gasteiger partial charge in [-0.05, 0) is 30.5 Å². The Morgan fingerprint density at radius 3 is 2.27 bits per heavy atom. The van der Waals surface area contributed by atoms with Gasteiger partial charge in [0, 0.05) is 6.54 Å². The third kappa shape index (κ3) is 3.68. The molecule has 1 saturated heterocycles. The Bertz CT molecular complexity index is 92.1. The van der Waals surface area contributed by atoms with E-state index in [4.69, 9.17) is 0 Å². The maximum absolute atomic E-state index is 11.3. The largest absolute Gasteiger partial charge is 0.301 e. The second-order valence-electron chi connectivity index (χ2n) is 3.07. The zero-order valence-electron chi connectivity index (χ0n) is 6.89. The third-order valence-electron chi connectivity index (χ3n) is 2.18. The first-order chi connectivity index (χ1) is 5.43. The Labute approximate surface area is 67.2 Å². The molecule has 2 nitrogen and oxygen atoms in total. The van der Waals surface area contributed by atoms with Gasteiger partial charge in [0.1, 0.15) is 6.61 Å². The first-order valence-corrected chi connectivity index (χ1v) is 4.39. The summed E-state index contributed by atoms with van der Waals surface area (Å²) in [5.41, 5.74) is 0. The van der Waals surface area contributed by atoms with E-state index in [2.05, 4.69) is 9.84 Å². The lowest BCUT2D eigenvalue weighted by atomic mass is 10.2. The normalized spacial score (nSPS) is 21.5. The SMILES string of the molecule is FOCCN1CCCCCC1. The molecule has 0 radical (unpaired) electrons. The van der Waals surface area contributed by atoms with Crippen LogP contribution >= 0.6 is 0 Å². The minimum Gasteiger partial charge on any atom is -0.301 e. The van der Waals surface area contributed by atoms with Gasteiger partial charge in [0.15, 0.2) is 0 Å². The lowest BCUT2D eigenvalue weighted by Crippen LogP contribution is -2.27. The summed E-state index contributed by atoms with van der Waals surface area (Å²) in [5, 5.41) is 0. The van der Waals surface area contributed by atoms with Gasteiger partial charge in [0.05, 0.1) is 0 Å². The van der Waals surface area contributed by atoms with E-state index in [0.29, 0.717) is 0 Å². The molecule has 0 spiro atoms. The molecule has 3 heteroatoms. The molecule has 66 valence electrons. The molecule has 0 aromatic carbocycles. The second kappa shape index (κ2) is 5.49. The van der Waals surface area contributed by atoms with Crippen molar-refractivity contribution in [3.8, 4) is 0 Å². The lowest BCUT2D eigenvalue weighted by molar-refractivity contribution is -0.136. The van der Waals surface area contributed by atoms with Crippen LogP contribution in [0.5, 0.6) is 0 Å². The van der Waals surface area contributed by atoms with Crippen LogP contribution in [0.25, 0.3) is 0 Å². The monoisotopic (exact) mass is 161 g/mol. The van der Waals surface area contributed by atoms with Gasteiger partial charge in [-0.25, -0.2) is 0 Å². The van der Waals surface area contributed by atoms with E-state index in [-0.39, 0.29) is 6.61 Å². The Morgan fingerprint density at radius 2 is 1.73 bits per heavy atom. The first-order valence-electron chi connectivity index (χ1n) is 4.39. The Morgan fingerprint density at radius 1 is 1.09 bits per heavy atom. The quantitative estimate of drug-likeness (QED) is 0.625. The zero-order chi connectivity index (χ0) is 7.94. The number of halogens is 1. The van der Waals surface area contributed by atoms with E-state index >= 15 is 0 Å². The fourth-order valence-corrected chi connectivity index (χ4v) is 1.52. The van der Waals surface area contributed by atoms with Crippen LogP contribution in [0, 0.1) is 0 Å². The minimum atomic E-state index is 0.222. The fourth-order valence-electron chi connectivity index (χ4n) is 1.52. The van der Waals surface area contributed by atoms with Crippen LogP contribution in [-0.2, 0) is 4.94 Å². The van der Waals surface area contributed by atoms with E-state index < -0.39 is 0 Å². The second-order valence-corrected chi connectivity index (χ2v) is 3.07. The van der Waals surface area contributed by atoms with E-state index in [0.717, 1.165) is 19.6 Å². The summed E-state index contributed by atoms with van der Waals surface area (Å²) in [7, 11) is 0. The van der Waals surface area contributed by atoms with Crippen molar-refractivity contribution in [3.05, 3.63) is 0 Å². The average molecular weight is 161 g/mol. The van der Waals surface area contributed by atoms with Crippen LogP contribution in [0.15, 0.2) is 0 Å². The Hall–Kier alpha value is -0.150. The van der Waals surface area contributed by atoms with E-state index in [1.165, 1.54) is 25.7 Å². The van der Waals surface area contributed by atoms with Gasteiger partial charge in [0.2, 0.25) is 0 Å². The van der Waals surface area contributed by atoms with Gasteiger partial charge >= 0.3 is 0 Å². The molecule has 0 N–H and O–H groups in total. The van der Waals surface area contributed by atoms with Gasteiger partial charge in [-0.1, -0.05) is 12.8 Å². The van der Waals surface area contributed by atoms with Gasteiger partial charge in [0.25, 0.3) is 0 Å². The maximum atomic E-state index is 11.3. The van der Waals surface area contributed by atoms with Crippen molar-refractivity contribution in [2.24, 2.45) is 0 Å². The topological polar surface area (TPSA) is 12.5 Å². The summed E-state index contributed by atoms with van der Waals surface area (Å²) in [4.78, 5) is 5.81. The predicted molar refractivity (Wildman–Crippen MR) is 42.0 cm³/mol. The smallest absolute Gasteiger partial charge is 0.100 e. The molecule has 1 heterocycles. The molecule has 0 unspecified atom stereocenters. The van der Waals surface area contributed by atoms with Crippen molar-refractivity contribution in [1.29, 1.82) is 0 Å². The van der Waals surface area contributed by atoms with Crippen molar-refractivity contribution in [2.45, 2.75) is 25.7 Å². The molecule has 1 rings (SSSR count). The molecule has 0 aromatic heterocycles. The summed E-state index contributed by atoms with van der Waals surface area (Å²) in [6, 6.07) is 0. The molecular weight excluding hydrogens is 145 g/mol. The highest BCUT2D eigenvalue weighted by atomic mass is 19.3. The summed E-state index contributed by atoms with van der Waals surface area (Å²) in [6.45, 7) is 3.20. The van der Waals surface area contributed by atoms with Crippen LogP contribution in [0.1, 0.15) is 25.7 Å². The first kappa shape index (κ1) is 8.94. The standard InChI is InChI=1S/C8H16FNO/c9-11-8-7-10-5-3-1-2-4-6-10/h1-8H2. The van der Waals surface area contributed by atoms with Crippen molar-refractivity contribution < 1.29 is 9.47 Å². The molecule has 1 aliphatic heterocycles. The predicted octanol–water partition coefficient (Wildman–Crippen LogP) is 1.76. The van der Waals surface area contributed by atoms with Gasteiger partial charge in [-0.3, -0.25) is 0 Å². The van der Waals surface area contributed by atoms with Crippen molar-refractivity contribution in [1.82, 2.24) is 4.90 Å². The molecule has 0 bridgehead atoms. The lowest BCUT2D eigenvalue weighted by Gasteiger charge is -2.17. The maximum Gasteiger partial charge on any atom is 0.100 e. The number of hydrogen-bond acceptors (Lipinski definition) is 2. The highest BCUT2D eigenvalue weighted by Gasteiger charge is 2.07. The molecule has 11 heavy (non-hydrogen) atoms. The average Bonchev–Trinajstić information content (AvgIpc) is 2.28. The van der Waals surface area contributed by atoms with Crippen molar-refractivity contribution in [3.63, 3.8) is 0 Å². The van der Waals surface area contributed by atoms with E-state index in [1.54, 1.807) is 0 Å². The Kier molecular flexibility index (Phi) is 4.47. The molecule has 0 aromatic rings. The van der Waals surface area contributed by atoms with Crippen molar-refractivity contribution in [2.75, 3.05) is 26.2 Å². The number of nitrogens with zero attached hydrogens (tertiary/aromatic N) is 1. The van der Waals surface area contributed by atoms with Gasteiger partial charge in [-0.15, -0.1) is 0 Å². The van der Waals surface area contributed by atoms with Crippen LogP contribution in [0.3, 0.4) is 0 Å². The van der Waals surface area contributed by atoms with Gasteiger partial charge in [-0.2, -0.15) is 4.94 Å². The van der Waals surface area contributed by atoms with Crippen molar-refractivity contribution >= 4 is 0 Å². The highest BCUT2D eigenvalue weighted by Crippen LogP contribution is 2.08. The molecule has 0 saturated carbocycles. The molecule has 1 aliphatic rings. The van der Waals surface area contributed by atoms with E-state index in [9.17, 15) is 4.53 Å². The summed E-state index contributed by atoms with van der Waals surface area (Å²) >= 11 is 0. The summed E-state index contributed by atoms with van der Waals surface area (Å²) < 4.78 is 11.3. The van der Waals surface area contributed by atoms with E-state index in [1.807, 2.05) is 0 Å². The molecule has 0 aliphatic carbocycles. The van der Waals surface area contributed by atoms with Gasteiger partial charge < -0.3 is 4.90 Å². The van der Waals surface area contributed by atoms with Crippen LogP contribution < -0.4 is 0 Å². The minimum absolute atomic E-state index is 0.222. The summed E-state index contributed by atoms with van der Waals surface area (Å²) in [6.07, 6.45) is 5.17. The number of rotatable bonds is 3. The van der Waals surface area contributed by atoms with Crippen LogP contribution in [0.2, 0.25) is 0 Å². The fraction of sp³-hybridized carbons (Fsp3) is 1.00. The third-order valence-corrected chi connectivity index (χ3v) is 2.18.